The van der Waals surface area contributed by atoms with Crippen LogP contribution in [0.2, 0.25) is 0 Å². The van der Waals surface area contributed by atoms with E-state index < -0.39 is 60.5 Å². The van der Waals surface area contributed by atoms with Crippen LogP contribution in [-0.2, 0) is 35.1 Å². The number of nitrogens with zero attached hydrogens (tertiary/aromatic N) is 1. The number of aliphatic carboxylic acids is 2. The lowest BCUT2D eigenvalue weighted by atomic mass is 9.70. The van der Waals surface area contributed by atoms with Gasteiger partial charge in [-0.15, -0.1) is 11.8 Å². The number of carboxylic acids is 2. The molecule has 1 spiro atoms. The van der Waals surface area contributed by atoms with Gasteiger partial charge in [0.1, 0.15) is 17.7 Å². The van der Waals surface area contributed by atoms with Gasteiger partial charge < -0.3 is 35.8 Å². The Kier molecular flexibility index (Phi) is 12.0. The summed E-state index contributed by atoms with van der Waals surface area (Å²) in [6.45, 7) is 0. The number of carbonyl (C=O) groups excluding carboxylic acids is 3. The molecule has 0 aromatic carbocycles. The first-order valence-corrected chi connectivity index (χ1v) is 18.3. The van der Waals surface area contributed by atoms with Crippen LogP contribution in [-0.4, -0.2) is 84.1 Å². The van der Waals surface area contributed by atoms with E-state index in [0.29, 0.717) is 12.2 Å². The molecule has 6 atom stereocenters. The third kappa shape index (κ3) is 8.74. The summed E-state index contributed by atoms with van der Waals surface area (Å²) < 4.78 is 6.24. The molecule has 272 valence electrons. The molecule has 1 saturated carbocycles. The standard InChI is InChI=1S/C35H46N4O10S/c36-35(48,33(46)47)13-7-25(40)38-24(29(41)39-30(42)31(43)44)19-50-28-27-26-22(6-2-1-3-10-34(28)11-4-5-12-34)17-21(18-23(26)32(45)49-27)16-20-8-14-37-15-9-20/h8-9,14-15,18,22-24,28,30,42,48H,1-7,10-13,16-17,19,36H2,(H,38,40)(H,39,41)(H,43,44)(H,46,47). The van der Waals surface area contributed by atoms with Crippen molar-refractivity contribution in [3.05, 3.63) is 53.1 Å². The molecule has 2 heterocycles. The molecule has 1 fully saturated rings. The average molecular weight is 715 g/mol. The molecule has 0 bridgehead atoms. The predicted octanol–water partition coefficient (Wildman–Crippen LogP) is 2.14. The van der Waals surface area contributed by atoms with Crippen LogP contribution in [0.3, 0.4) is 0 Å². The predicted molar refractivity (Wildman–Crippen MR) is 181 cm³/mol. The van der Waals surface area contributed by atoms with E-state index in [9.17, 15) is 39.3 Å². The Morgan fingerprint density at radius 3 is 2.40 bits per heavy atom. The second kappa shape index (κ2) is 16.0. The number of thioether (sulfide) groups is 1. The van der Waals surface area contributed by atoms with Crippen LogP contribution >= 0.6 is 11.8 Å². The molecule has 14 nitrogen and oxygen atoms in total. The Hall–Kier alpha value is -3.79. The fourth-order valence-corrected chi connectivity index (χ4v) is 9.52. The Labute approximate surface area is 294 Å². The molecule has 1 aliphatic heterocycles. The molecule has 8 N–H and O–H groups in total. The molecule has 1 aromatic heterocycles. The van der Waals surface area contributed by atoms with E-state index in [1.165, 1.54) is 17.3 Å². The first kappa shape index (κ1) is 37.5. The summed E-state index contributed by atoms with van der Waals surface area (Å²) >= 11 is 1.36. The summed E-state index contributed by atoms with van der Waals surface area (Å²) in [5.41, 5.74) is 5.72. The highest BCUT2D eigenvalue weighted by Crippen LogP contribution is 2.56. The van der Waals surface area contributed by atoms with Crippen molar-refractivity contribution in [2.24, 2.45) is 23.0 Å². The number of rotatable bonds is 13. The van der Waals surface area contributed by atoms with E-state index in [0.717, 1.165) is 75.3 Å². The number of amides is 2. The zero-order valence-electron chi connectivity index (χ0n) is 27.8. The second-order valence-corrected chi connectivity index (χ2v) is 15.1. The quantitative estimate of drug-likeness (QED) is 0.0882. The van der Waals surface area contributed by atoms with Crippen LogP contribution in [0.25, 0.3) is 0 Å². The van der Waals surface area contributed by atoms with Gasteiger partial charge in [0.25, 0.3) is 0 Å². The van der Waals surface area contributed by atoms with Crippen molar-refractivity contribution in [3.63, 3.8) is 0 Å². The summed E-state index contributed by atoms with van der Waals surface area (Å²) in [4.78, 5) is 66.6. The average Bonchev–Trinajstić information content (AvgIpc) is 3.68. The zero-order valence-corrected chi connectivity index (χ0v) is 28.7. The summed E-state index contributed by atoms with van der Waals surface area (Å²) in [6, 6.07) is 2.58. The van der Waals surface area contributed by atoms with Crippen molar-refractivity contribution < 1.29 is 49.1 Å². The van der Waals surface area contributed by atoms with Gasteiger partial charge in [0.2, 0.25) is 23.8 Å². The molecular weight excluding hydrogens is 668 g/mol. The molecule has 5 rings (SSSR count). The van der Waals surface area contributed by atoms with E-state index in [2.05, 4.69) is 10.3 Å². The van der Waals surface area contributed by atoms with Gasteiger partial charge in [-0.3, -0.25) is 25.1 Å². The third-order valence-corrected chi connectivity index (χ3v) is 12.0. The number of esters is 1. The molecular formula is C35H46N4O10S. The van der Waals surface area contributed by atoms with Gasteiger partial charge >= 0.3 is 17.9 Å². The van der Waals surface area contributed by atoms with Crippen molar-refractivity contribution in [2.75, 3.05) is 5.75 Å². The fourth-order valence-electron chi connectivity index (χ4n) is 7.86. The maximum absolute atomic E-state index is 13.7. The molecule has 0 radical (unpaired) electrons. The summed E-state index contributed by atoms with van der Waals surface area (Å²) in [6.07, 6.45) is 12.2. The first-order valence-electron chi connectivity index (χ1n) is 17.2. The number of nitrogens with one attached hydrogen (secondary N) is 2. The summed E-state index contributed by atoms with van der Waals surface area (Å²) in [5, 5.41) is 42.2. The summed E-state index contributed by atoms with van der Waals surface area (Å²) in [7, 11) is 0. The minimum Gasteiger partial charge on any atom is -0.478 e. The smallest absolute Gasteiger partial charge is 0.353 e. The second-order valence-electron chi connectivity index (χ2n) is 14.0. The topological polar surface area (TPSA) is 238 Å². The van der Waals surface area contributed by atoms with Crippen molar-refractivity contribution >= 4 is 41.5 Å². The van der Waals surface area contributed by atoms with Crippen molar-refractivity contribution in [3.8, 4) is 0 Å². The highest BCUT2D eigenvalue weighted by Gasteiger charge is 2.51. The van der Waals surface area contributed by atoms with Crippen LogP contribution in [0.4, 0.5) is 0 Å². The molecule has 0 saturated heterocycles. The first-order chi connectivity index (χ1) is 23.8. The number of hydrogen-bond acceptors (Lipinski definition) is 11. The van der Waals surface area contributed by atoms with Crippen LogP contribution in [0, 0.1) is 17.3 Å². The van der Waals surface area contributed by atoms with E-state index in [1.807, 2.05) is 23.5 Å². The van der Waals surface area contributed by atoms with Crippen molar-refractivity contribution in [1.29, 1.82) is 0 Å². The van der Waals surface area contributed by atoms with E-state index in [-0.39, 0.29) is 28.3 Å². The van der Waals surface area contributed by atoms with Crippen LogP contribution < -0.4 is 16.4 Å². The number of ether oxygens (including phenoxy) is 1. The lowest BCUT2D eigenvalue weighted by molar-refractivity contribution is -0.159. The number of carboxylic acid groups (broad SMARTS) is 2. The van der Waals surface area contributed by atoms with Gasteiger partial charge in [0.15, 0.2) is 0 Å². The van der Waals surface area contributed by atoms with Crippen LogP contribution in [0.1, 0.15) is 82.6 Å². The van der Waals surface area contributed by atoms with Crippen LogP contribution in [0.15, 0.2) is 47.5 Å². The van der Waals surface area contributed by atoms with Gasteiger partial charge in [-0.1, -0.05) is 43.8 Å². The van der Waals surface area contributed by atoms with Crippen LogP contribution in [0.5, 0.6) is 0 Å². The van der Waals surface area contributed by atoms with Gasteiger partial charge in [0.05, 0.1) is 5.25 Å². The molecule has 4 aliphatic rings. The number of aliphatic hydroxyl groups is 2. The number of carbonyl (C=O) groups is 5. The Morgan fingerprint density at radius 1 is 1.06 bits per heavy atom. The van der Waals surface area contributed by atoms with Gasteiger partial charge in [0, 0.05) is 31.0 Å². The maximum Gasteiger partial charge on any atom is 0.353 e. The normalized spacial score (nSPS) is 25.4. The molecule has 50 heavy (non-hydrogen) atoms. The van der Waals surface area contributed by atoms with Crippen molar-refractivity contribution in [2.45, 2.75) is 107 Å². The fraction of sp³-hybridized carbons (Fsp3) is 0.600. The maximum atomic E-state index is 13.7. The number of aromatic nitrogens is 1. The number of allylic oxidation sites excluding steroid dienone is 1. The van der Waals surface area contributed by atoms with Gasteiger partial charge in [-0.25, -0.2) is 9.59 Å². The van der Waals surface area contributed by atoms with E-state index in [4.69, 9.17) is 15.6 Å². The van der Waals surface area contributed by atoms with Crippen molar-refractivity contribution in [1.82, 2.24) is 15.6 Å². The Bertz CT molecular complexity index is 1520. The number of nitrogens with two attached hydrogens (primary N) is 1. The Balaban J connectivity index is 1.46. The largest absolute Gasteiger partial charge is 0.478 e. The highest BCUT2D eigenvalue weighted by molar-refractivity contribution is 8.00. The molecule has 6 unspecified atom stereocenters. The molecule has 2 amide bonds. The minimum atomic E-state index is -2.67. The van der Waals surface area contributed by atoms with Gasteiger partial charge in [-0.2, -0.15) is 0 Å². The number of hydrogen-bond donors (Lipinski definition) is 7. The molecule has 3 aliphatic carbocycles. The third-order valence-electron chi connectivity index (χ3n) is 10.4. The zero-order chi connectivity index (χ0) is 36.1. The number of aliphatic hydroxyl groups excluding tert-OH is 1. The Morgan fingerprint density at radius 2 is 1.74 bits per heavy atom. The summed E-state index contributed by atoms with van der Waals surface area (Å²) in [5.74, 6) is -5.40. The lowest BCUT2D eigenvalue weighted by Crippen LogP contribution is -2.54. The minimum absolute atomic E-state index is 0.0745. The number of pyridine rings is 1. The van der Waals surface area contributed by atoms with E-state index >= 15 is 0 Å². The monoisotopic (exact) mass is 714 g/mol. The molecule has 1 aromatic rings. The van der Waals surface area contributed by atoms with Gasteiger partial charge in [-0.05, 0) is 73.1 Å². The highest BCUT2D eigenvalue weighted by atomic mass is 32.2. The SMILES string of the molecule is NC(O)(CCC(=O)NC(CSC1C2=C3C(CCCCCC14CCCC4)CC(Cc1ccncc1)=CC3C(=O)O2)C(=O)NC(O)C(=O)O)C(=O)O. The van der Waals surface area contributed by atoms with E-state index in [1.54, 1.807) is 12.4 Å². The molecule has 15 heteroatoms. The lowest BCUT2D eigenvalue weighted by Gasteiger charge is -2.40.